The maximum Gasteiger partial charge on any atom is 0.0819 e. The highest BCUT2D eigenvalue weighted by atomic mass is 32.2. The van der Waals surface area contributed by atoms with Crippen LogP contribution in [0.5, 0.6) is 0 Å². The van der Waals surface area contributed by atoms with E-state index in [0.29, 0.717) is 0 Å². The fourth-order valence-electron chi connectivity index (χ4n) is 0.149. The molecule has 0 saturated heterocycles. The zero-order chi connectivity index (χ0) is 5.70. The second-order valence-corrected chi connectivity index (χ2v) is 2.33. The summed E-state index contributed by atoms with van der Waals surface area (Å²) in [5.41, 5.74) is 0.816. The topological polar surface area (TPSA) is 61.2 Å². The molecule has 0 radical (unpaired) electrons. The fourth-order valence-corrected chi connectivity index (χ4v) is 0.447. The minimum Gasteiger partial charge on any atom is -0.395 e. The van der Waals surface area contributed by atoms with Crippen LogP contribution < -0.4 is 0 Å². The average molecular weight is 121 g/mol. The number of rotatable bonds is 3. The molecule has 0 bridgehead atoms. The second kappa shape index (κ2) is 3.95. The van der Waals surface area contributed by atoms with Crippen LogP contribution in [0.1, 0.15) is 0 Å². The Labute approximate surface area is 44.3 Å². The van der Waals surface area contributed by atoms with Gasteiger partial charge in [0.15, 0.2) is 0 Å². The number of nitrogens with one attached hydrogen (secondary N) is 1. The van der Waals surface area contributed by atoms with Crippen LogP contribution in [0, 0.1) is 5.41 Å². The standard InChI is InChI=1S/C3H7NO2S/c4-3-7(6)2-1-5/h3-5H,1-2H2. The largest absolute Gasteiger partial charge is 0.395 e. The molecule has 0 fully saturated rings. The number of aliphatic hydroxyl groups is 1. The van der Waals surface area contributed by atoms with Gasteiger partial charge >= 0.3 is 0 Å². The smallest absolute Gasteiger partial charge is 0.0819 e. The summed E-state index contributed by atoms with van der Waals surface area (Å²) in [5, 5.41) is 14.4. The Bertz CT molecular complexity index is 83.0. The molecule has 0 amide bonds. The van der Waals surface area contributed by atoms with E-state index in [4.69, 9.17) is 10.5 Å². The summed E-state index contributed by atoms with van der Waals surface area (Å²) in [6.07, 6.45) is 0. The zero-order valence-electron chi connectivity index (χ0n) is 3.76. The van der Waals surface area contributed by atoms with Crippen LogP contribution in [0.4, 0.5) is 0 Å². The van der Waals surface area contributed by atoms with E-state index in [-0.39, 0.29) is 12.4 Å². The van der Waals surface area contributed by atoms with E-state index in [0.717, 1.165) is 5.55 Å². The van der Waals surface area contributed by atoms with Gasteiger partial charge in [-0.05, 0) is 0 Å². The highest BCUT2D eigenvalue weighted by Crippen LogP contribution is 1.70. The van der Waals surface area contributed by atoms with Crippen molar-refractivity contribution in [3.63, 3.8) is 0 Å². The Morgan fingerprint density at radius 3 is 2.57 bits per heavy atom. The van der Waals surface area contributed by atoms with Gasteiger partial charge in [-0.2, -0.15) is 0 Å². The summed E-state index contributed by atoms with van der Waals surface area (Å²) >= 11 is 0. The molecule has 42 valence electrons. The van der Waals surface area contributed by atoms with E-state index in [9.17, 15) is 4.21 Å². The molecule has 4 heteroatoms. The average Bonchev–Trinajstić information content (AvgIpc) is 1.68. The lowest BCUT2D eigenvalue weighted by molar-refractivity contribution is 0.321. The third-order valence-electron chi connectivity index (χ3n) is 0.424. The van der Waals surface area contributed by atoms with Gasteiger partial charge in [-0.25, -0.2) is 0 Å². The predicted octanol–water partition coefficient (Wildman–Crippen LogP) is -0.666. The van der Waals surface area contributed by atoms with Gasteiger partial charge in [-0.3, -0.25) is 9.62 Å². The van der Waals surface area contributed by atoms with Crippen LogP contribution in [0.2, 0.25) is 0 Å². The van der Waals surface area contributed by atoms with Crippen molar-refractivity contribution < 1.29 is 9.32 Å². The van der Waals surface area contributed by atoms with Gasteiger partial charge in [0.2, 0.25) is 0 Å². The minimum absolute atomic E-state index is 0.109. The number of aliphatic hydroxyl groups excluding tert-OH is 1. The molecule has 7 heavy (non-hydrogen) atoms. The van der Waals surface area contributed by atoms with Gasteiger partial charge < -0.3 is 5.11 Å². The summed E-state index contributed by atoms with van der Waals surface area (Å²) in [5.74, 6) is 0.184. The Morgan fingerprint density at radius 1 is 1.86 bits per heavy atom. The SMILES string of the molecule is N=CS(=O)CCO. The maximum absolute atomic E-state index is 10.1. The van der Waals surface area contributed by atoms with Crippen LogP contribution in [-0.4, -0.2) is 27.2 Å². The van der Waals surface area contributed by atoms with Gasteiger partial charge in [0.1, 0.15) is 0 Å². The van der Waals surface area contributed by atoms with Crippen molar-refractivity contribution in [2.45, 2.75) is 0 Å². The lowest BCUT2D eigenvalue weighted by atomic mass is 10.9. The van der Waals surface area contributed by atoms with E-state index in [2.05, 4.69) is 0 Å². The van der Waals surface area contributed by atoms with Gasteiger partial charge in [-0.15, -0.1) is 0 Å². The fraction of sp³-hybridized carbons (Fsp3) is 0.667. The van der Waals surface area contributed by atoms with Crippen LogP contribution >= 0.6 is 0 Å². The summed E-state index contributed by atoms with van der Waals surface area (Å²) in [6.45, 7) is -0.109. The molecular weight excluding hydrogens is 114 g/mol. The number of hydrogen-bond acceptors (Lipinski definition) is 3. The Hall–Kier alpha value is -0.220. The molecule has 1 unspecified atom stereocenters. The molecule has 0 spiro atoms. The van der Waals surface area contributed by atoms with Crippen molar-refractivity contribution in [1.82, 2.24) is 0 Å². The third kappa shape index (κ3) is 3.61. The van der Waals surface area contributed by atoms with Crippen molar-refractivity contribution in [2.24, 2.45) is 0 Å². The highest BCUT2D eigenvalue weighted by molar-refractivity contribution is 7.98. The molecular formula is C3H7NO2S. The van der Waals surface area contributed by atoms with E-state index in [1.807, 2.05) is 0 Å². The van der Waals surface area contributed by atoms with Crippen molar-refractivity contribution in [3.8, 4) is 0 Å². The van der Waals surface area contributed by atoms with E-state index >= 15 is 0 Å². The monoisotopic (exact) mass is 121 g/mol. The van der Waals surface area contributed by atoms with Gasteiger partial charge in [-0.1, -0.05) is 0 Å². The molecule has 0 heterocycles. The van der Waals surface area contributed by atoms with Crippen LogP contribution in [0.25, 0.3) is 0 Å². The first-order valence-electron chi connectivity index (χ1n) is 1.80. The molecule has 0 aliphatic carbocycles. The molecule has 0 aromatic heterocycles. The highest BCUT2D eigenvalue weighted by Gasteiger charge is 1.87. The Balaban J connectivity index is 3.17. The first-order chi connectivity index (χ1) is 3.31. The first kappa shape index (κ1) is 6.78. The summed E-state index contributed by atoms with van der Waals surface area (Å²) in [7, 11) is -1.24. The number of hydrogen-bond donors (Lipinski definition) is 2. The van der Waals surface area contributed by atoms with Gasteiger partial charge in [0, 0.05) is 0 Å². The lowest BCUT2D eigenvalue weighted by Gasteiger charge is -1.83. The van der Waals surface area contributed by atoms with Crippen LogP contribution in [0.3, 0.4) is 0 Å². The van der Waals surface area contributed by atoms with Crippen LogP contribution in [-0.2, 0) is 10.8 Å². The summed E-state index contributed by atoms with van der Waals surface area (Å²) in [4.78, 5) is 0. The summed E-state index contributed by atoms with van der Waals surface area (Å²) < 4.78 is 10.1. The van der Waals surface area contributed by atoms with Crippen molar-refractivity contribution >= 4 is 16.3 Å². The van der Waals surface area contributed by atoms with Gasteiger partial charge in [0.25, 0.3) is 0 Å². The Morgan fingerprint density at radius 2 is 2.43 bits per heavy atom. The minimum atomic E-state index is -1.24. The van der Waals surface area contributed by atoms with Crippen LogP contribution in [0.15, 0.2) is 0 Å². The van der Waals surface area contributed by atoms with Gasteiger partial charge in [0.05, 0.1) is 28.7 Å². The molecule has 0 aliphatic heterocycles. The zero-order valence-corrected chi connectivity index (χ0v) is 4.57. The van der Waals surface area contributed by atoms with Crippen molar-refractivity contribution in [2.75, 3.05) is 12.4 Å². The maximum atomic E-state index is 10.1. The normalized spacial score (nSPS) is 13.3. The first-order valence-corrected chi connectivity index (χ1v) is 3.18. The molecule has 0 rings (SSSR count). The van der Waals surface area contributed by atoms with Crippen molar-refractivity contribution in [1.29, 1.82) is 5.41 Å². The van der Waals surface area contributed by atoms with Crippen molar-refractivity contribution in [3.05, 3.63) is 0 Å². The molecule has 2 N–H and O–H groups in total. The molecule has 1 atom stereocenters. The molecule has 0 aliphatic rings. The van der Waals surface area contributed by atoms with E-state index in [1.165, 1.54) is 0 Å². The Kier molecular flexibility index (Phi) is 3.83. The molecule has 3 nitrogen and oxygen atoms in total. The van der Waals surface area contributed by atoms with E-state index in [1.54, 1.807) is 0 Å². The lowest BCUT2D eigenvalue weighted by Crippen LogP contribution is -2.00. The molecule has 0 aromatic carbocycles. The quantitative estimate of drug-likeness (QED) is 0.384. The third-order valence-corrected chi connectivity index (χ3v) is 1.27. The molecule has 0 saturated carbocycles. The van der Waals surface area contributed by atoms with E-state index < -0.39 is 10.8 Å². The summed E-state index contributed by atoms with van der Waals surface area (Å²) in [6, 6.07) is 0. The predicted molar refractivity (Wildman–Crippen MR) is 28.9 cm³/mol. The molecule has 0 aromatic rings. The second-order valence-electron chi connectivity index (χ2n) is 0.926.